The molecule has 0 spiro atoms. The van der Waals surface area contributed by atoms with Crippen molar-refractivity contribution in [3.63, 3.8) is 0 Å². The molecule has 1 heterocycles. The molecule has 0 radical (unpaired) electrons. The van der Waals surface area contributed by atoms with Crippen molar-refractivity contribution in [3.05, 3.63) is 104 Å². The van der Waals surface area contributed by atoms with Crippen molar-refractivity contribution in [1.29, 1.82) is 0 Å². The molecule has 1 aromatic heterocycles. The fourth-order valence-electron chi connectivity index (χ4n) is 3.29. The van der Waals surface area contributed by atoms with Crippen molar-refractivity contribution < 1.29 is 9.53 Å². The lowest BCUT2D eigenvalue weighted by atomic mass is 10.2. The summed E-state index contributed by atoms with van der Waals surface area (Å²) >= 11 is 12.1. The van der Waals surface area contributed by atoms with Crippen molar-refractivity contribution >= 4 is 45.9 Å². The van der Waals surface area contributed by atoms with E-state index in [4.69, 9.17) is 27.9 Å². The van der Waals surface area contributed by atoms with E-state index >= 15 is 0 Å². The molecule has 0 bridgehead atoms. The van der Waals surface area contributed by atoms with Gasteiger partial charge in [0.25, 0.3) is 5.56 Å². The second-order valence-corrected chi connectivity index (χ2v) is 8.03. The summed E-state index contributed by atoms with van der Waals surface area (Å²) in [5, 5.41) is 4.00. The van der Waals surface area contributed by atoms with Gasteiger partial charge in [0, 0.05) is 5.69 Å². The van der Waals surface area contributed by atoms with Crippen LogP contribution >= 0.6 is 23.2 Å². The Morgan fingerprint density at radius 3 is 2.53 bits per heavy atom. The van der Waals surface area contributed by atoms with Crippen molar-refractivity contribution in [2.45, 2.75) is 20.1 Å². The summed E-state index contributed by atoms with van der Waals surface area (Å²) in [6.45, 7) is 2.24. The number of hydrogen-bond donors (Lipinski definition) is 1. The monoisotopic (exact) mass is 467 g/mol. The highest BCUT2D eigenvalue weighted by Gasteiger charge is 2.12. The van der Waals surface area contributed by atoms with E-state index in [1.165, 1.54) is 0 Å². The van der Waals surface area contributed by atoms with Crippen LogP contribution in [0.5, 0.6) is 0 Å². The van der Waals surface area contributed by atoms with Crippen LogP contribution in [0.15, 0.2) is 71.5 Å². The number of hydrogen-bond acceptors (Lipinski definition) is 4. The molecular weight excluding hydrogens is 449 g/mol. The van der Waals surface area contributed by atoms with E-state index in [2.05, 4.69) is 10.3 Å². The first kappa shape index (κ1) is 21.9. The van der Waals surface area contributed by atoms with Gasteiger partial charge in [-0.1, -0.05) is 59.6 Å². The zero-order valence-electron chi connectivity index (χ0n) is 17.1. The number of rotatable bonds is 5. The van der Waals surface area contributed by atoms with Crippen LogP contribution in [-0.4, -0.2) is 15.6 Å². The maximum Gasteiger partial charge on any atom is 0.411 e. The molecule has 0 aliphatic carbocycles. The predicted molar refractivity (Wildman–Crippen MR) is 127 cm³/mol. The van der Waals surface area contributed by atoms with Crippen LogP contribution in [0.2, 0.25) is 10.0 Å². The molecule has 0 aliphatic heterocycles. The average molecular weight is 468 g/mol. The maximum atomic E-state index is 13.1. The molecule has 0 atom stereocenters. The molecule has 1 amide bonds. The average Bonchev–Trinajstić information content (AvgIpc) is 2.78. The lowest BCUT2D eigenvalue weighted by Gasteiger charge is -2.12. The molecule has 4 rings (SSSR count). The van der Waals surface area contributed by atoms with Crippen LogP contribution in [0, 0.1) is 6.92 Å². The summed E-state index contributed by atoms with van der Waals surface area (Å²) in [6.07, 6.45) is -0.585. The minimum atomic E-state index is -0.585. The first-order chi connectivity index (χ1) is 15.4. The number of nitrogens with zero attached hydrogens (tertiary/aromatic N) is 2. The van der Waals surface area contributed by atoms with Gasteiger partial charge >= 0.3 is 6.09 Å². The predicted octanol–water partition coefficient (Wildman–Crippen LogP) is 5.81. The SMILES string of the molecule is Cc1nc2cc(NC(=O)OCc3ccccc3)ccc2c(=O)n1Cc1ccc(Cl)c(Cl)c1. The molecule has 1 N–H and O–H groups in total. The third-order valence-corrected chi connectivity index (χ3v) is 5.67. The molecule has 0 saturated carbocycles. The Morgan fingerprint density at radius 2 is 1.78 bits per heavy atom. The van der Waals surface area contributed by atoms with Crippen molar-refractivity contribution in [3.8, 4) is 0 Å². The Kier molecular flexibility index (Phi) is 6.44. The van der Waals surface area contributed by atoms with Crippen LogP contribution in [-0.2, 0) is 17.9 Å². The van der Waals surface area contributed by atoms with Crippen molar-refractivity contribution in [1.82, 2.24) is 9.55 Å². The minimum absolute atomic E-state index is 0.164. The van der Waals surface area contributed by atoms with Gasteiger partial charge in [0.15, 0.2) is 0 Å². The Bertz CT molecular complexity index is 1350. The number of aryl methyl sites for hydroxylation is 1. The summed E-state index contributed by atoms with van der Waals surface area (Å²) in [5.41, 5.74) is 2.52. The van der Waals surface area contributed by atoms with E-state index in [0.29, 0.717) is 39.0 Å². The molecule has 4 aromatic rings. The topological polar surface area (TPSA) is 73.2 Å². The number of carbonyl (C=O) groups excluding carboxylic acids is 1. The number of benzene rings is 3. The molecule has 162 valence electrons. The van der Waals surface area contributed by atoms with Crippen LogP contribution < -0.4 is 10.9 Å². The van der Waals surface area contributed by atoms with Gasteiger partial charge in [-0.3, -0.25) is 14.7 Å². The molecule has 32 heavy (non-hydrogen) atoms. The quantitative estimate of drug-likeness (QED) is 0.401. The van der Waals surface area contributed by atoms with E-state index in [0.717, 1.165) is 11.1 Å². The fraction of sp³-hybridized carbons (Fsp3) is 0.125. The second kappa shape index (κ2) is 9.42. The van der Waals surface area contributed by atoms with E-state index in [9.17, 15) is 9.59 Å². The third kappa shape index (κ3) is 4.93. The first-order valence-electron chi connectivity index (χ1n) is 9.83. The molecule has 6 nitrogen and oxygen atoms in total. The fourth-order valence-corrected chi connectivity index (χ4v) is 3.61. The van der Waals surface area contributed by atoms with Crippen molar-refractivity contribution in [2.75, 3.05) is 5.32 Å². The third-order valence-electron chi connectivity index (χ3n) is 4.93. The largest absolute Gasteiger partial charge is 0.444 e. The zero-order valence-corrected chi connectivity index (χ0v) is 18.7. The van der Waals surface area contributed by atoms with Gasteiger partial charge in [-0.05, 0) is 48.4 Å². The molecule has 0 aliphatic rings. The van der Waals surface area contributed by atoms with Gasteiger partial charge in [-0.2, -0.15) is 0 Å². The van der Waals surface area contributed by atoms with Crippen LogP contribution in [0.1, 0.15) is 17.0 Å². The lowest BCUT2D eigenvalue weighted by molar-refractivity contribution is 0.155. The molecule has 3 aromatic carbocycles. The highest BCUT2D eigenvalue weighted by molar-refractivity contribution is 6.42. The summed E-state index contributed by atoms with van der Waals surface area (Å²) < 4.78 is 6.81. The van der Waals surface area contributed by atoms with E-state index in [-0.39, 0.29) is 12.2 Å². The van der Waals surface area contributed by atoms with Gasteiger partial charge in [0.2, 0.25) is 0 Å². The number of fused-ring (bicyclic) bond motifs is 1. The van der Waals surface area contributed by atoms with Crippen LogP contribution in [0.25, 0.3) is 10.9 Å². The van der Waals surface area contributed by atoms with E-state index in [1.807, 2.05) is 36.4 Å². The smallest absolute Gasteiger partial charge is 0.411 e. The number of halogens is 2. The Labute approximate surface area is 194 Å². The number of ether oxygens (including phenoxy) is 1. The van der Waals surface area contributed by atoms with Gasteiger partial charge in [-0.25, -0.2) is 9.78 Å². The summed E-state index contributed by atoms with van der Waals surface area (Å²) in [5.74, 6) is 0.539. The van der Waals surface area contributed by atoms with Gasteiger partial charge in [0.1, 0.15) is 12.4 Å². The Morgan fingerprint density at radius 1 is 1.00 bits per heavy atom. The summed E-state index contributed by atoms with van der Waals surface area (Å²) in [4.78, 5) is 29.7. The Hall–Kier alpha value is -3.35. The molecule has 0 fully saturated rings. The van der Waals surface area contributed by atoms with Crippen LogP contribution in [0.3, 0.4) is 0 Å². The summed E-state index contributed by atoms with van der Waals surface area (Å²) in [6, 6.07) is 19.6. The maximum absolute atomic E-state index is 13.1. The minimum Gasteiger partial charge on any atom is -0.444 e. The number of anilines is 1. The van der Waals surface area contributed by atoms with Gasteiger partial charge in [-0.15, -0.1) is 0 Å². The van der Waals surface area contributed by atoms with Gasteiger partial charge in [0.05, 0.1) is 27.5 Å². The standard InChI is InChI=1S/C24H19Cl2N3O3/c1-15-27-22-12-18(28-24(31)32-14-16-5-3-2-4-6-16)8-9-19(22)23(30)29(15)13-17-7-10-20(25)21(26)11-17/h2-12H,13-14H2,1H3,(H,28,31). The number of aromatic nitrogens is 2. The van der Waals surface area contributed by atoms with Crippen LogP contribution in [0.4, 0.5) is 10.5 Å². The molecule has 8 heteroatoms. The first-order valence-corrected chi connectivity index (χ1v) is 10.6. The van der Waals surface area contributed by atoms with Crippen molar-refractivity contribution in [2.24, 2.45) is 0 Å². The number of nitrogens with one attached hydrogen (secondary N) is 1. The normalized spacial score (nSPS) is 10.8. The highest BCUT2D eigenvalue weighted by Crippen LogP contribution is 2.23. The summed E-state index contributed by atoms with van der Waals surface area (Å²) in [7, 11) is 0. The number of amides is 1. The van der Waals surface area contributed by atoms with E-state index < -0.39 is 6.09 Å². The molecule has 0 unspecified atom stereocenters. The second-order valence-electron chi connectivity index (χ2n) is 7.22. The lowest BCUT2D eigenvalue weighted by Crippen LogP contribution is -2.24. The molecule has 0 saturated heterocycles. The zero-order chi connectivity index (χ0) is 22.7. The highest BCUT2D eigenvalue weighted by atomic mass is 35.5. The number of carbonyl (C=O) groups is 1. The van der Waals surface area contributed by atoms with E-state index in [1.54, 1.807) is 41.8 Å². The van der Waals surface area contributed by atoms with Gasteiger partial charge < -0.3 is 4.74 Å². The molecular formula is C24H19Cl2N3O3. The Balaban J connectivity index is 1.53.